The Morgan fingerprint density at radius 1 is 0.490 bits per heavy atom. The van der Waals surface area contributed by atoms with E-state index in [1.807, 2.05) is 36.5 Å². The Morgan fingerprint density at radius 3 is 2.02 bits per heavy atom. The molecule has 0 aliphatic carbocycles. The van der Waals surface area contributed by atoms with Gasteiger partial charge in [0.1, 0.15) is 17.6 Å². The van der Waals surface area contributed by atoms with Crippen molar-refractivity contribution in [2.75, 3.05) is 0 Å². The Kier molecular flexibility index (Phi) is 6.81. The Balaban J connectivity index is 1.03. The number of hydrogen-bond acceptors (Lipinski definition) is 5. The maximum Gasteiger partial charge on any atom is 0.159 e. The normalized spacial score (nSPS) is 14.5. The molecule has 1 unspecified atom stereocenters. The van der Waals surface area contributed by atoms with E-state index >= 15 is 0 Å². The van der Waals surface area contributed by atoms with Crippen LogP contribution in [-0.2, 0) is 0 Å². The van der Waals surface area contributed by atoms with Gasteiger partial charge < -0.3 is 9.73 Å². The van der Waals surface area contributed by atoms with Gasteiger partial charge in [0.25, 0.3) is 0 Å². The monoisotopic (exact) mass is 654 g/mol. The summed E-state index contributed by atoms with van der Waals surface area (Å²) in [5, 5.41) is 10.6. The molecule has 0 saturated carbocycles. The van der Waals surface area contributed by atoms with Gasteiger partial charge in [-0.05, 0) is 55.9 Å². The van der Waals surface area contributed by atoms with Crippen LogP contribution >= 0.6 is 0 Å². The second kappa shape index (κ2) is 11.9. The molecular weight excluding hydrogens is 625 g/mol. The topological polar surface area (TPSA) is 62.8 Å². The van der Waals surface area contributed by atoms with Gasteiger partial charge in [-0.15, -0.1) is 0 Å². The minimum Gasteiger partial charge on any atom is -0.454 e. The molecule has 0 amide bonds. The van der Waals surface area contributed by atoms with Crippen molar-refractivity contribution in [3.8, 4) is 22.3 Å². The van der Waals surface area contributed by atoms with E-state index in [9.17, 15) is 0 Å². The molecule has 1 N–H and O–H groups in total. The van der Waals surface area contributed by atoms with E-state index in [4.69, 9.17) is 14.4 Å². The number of nitrogens with one attached hydrogen (secondary N) is 1. The Morgan fingerprint density at radius 2 is 1.18 bits per heavy atom. The van der Waals surface area contributed by atoms with E-state index < -0.39 is 0 Å². The highest BCUT2D eigenvalue weighted by Crippen LogP contribution is 2.41. The third-order valence-corrected chi connectivity index (χ3v) is 9.83. The summed E-state index contributed by atoms with van der Waals surface area (Å²) in [6.07, 6.45) is 3.48. The molecule has 3 heterocycles. The van der Waals surface area contributed by atoms with Crippen LogP contribution in [0.15, 0.2) is 185 Å². The number of para-hydroxylation sites is 1. The summed E-state index contributed by atoms with van der Waals surface area (Å²) in [6.45, 7) is 0. The number of aliphatic imine (C=N–C) groups is 2. The second-order valence-corrected chi connectivity index (χ2v) is 12.9. The number of amidine groups is 2. The summed E-state index contributed by atoms with van der Waals surface area (Å²) in [5.41, 5.74) is 9.22. The van der Waals surface area contributed by atoms with E-state index in [-0.39, 0.29) is 6.17 Å². The van der Waals surface area contributed by atoms with Gasteiger partial charge in [0.2, 0.25) is 0 Å². The fraction of sp³-hybridized carbons (Fsp3) is 0.0217. The molecule has 9 aromatic rings. The highest BCUT2D eigenvalue weighted by Gasteiger charge is 2.22. The van der Waals surface area contributed by atoms with Gasteiger partial charge in [-0.25, -0.2) is 9.98 Å². The van der Waals surface area contributed by atoms with Crippen LogP contribution in [0.4, 0.5) is 0 Å². The number of furan rings is 1. The molecule has 1 aliphatic rings. The van der Waals surface area contributed by atoms with Crippen LogP contribution in [0.25, 0.3) is 65.7 Å². The average Bonchev–Trinajstić information content (AvgIpc) is 3.60. The minimum atomic E-state index is -0.278. The predicted octanol–water partition coefficient (Wildman–Crippen LogP) is 11.1. The molecule has 0 fully saturated rings. The lowest BCUT2D eigenvalue weighted by Crippen LogP contribution is -2.33. The molecule has 5 heteroatoms. The molecular formula is C46H30N4O. The third kappa shape index (κ3) is 5.06. The molecule has 2 aromatic heterocycles. The number of hydrogen-bond donors (Lipinski definition) is 1. The highest BCUT2D eigenvalue weighted by atomic mass is 16.3. The van der Waals surface area contributed by atoms with Gasteiger partial charge in [-0.3, -0.25) is 4.98 Å². The lowest BCUT2D eigenvalue weighted by molar-refractivity contribution is 0.667. The van der Waals surface area contributed by atoms with Crippen molar-refractivity contribution in [2.24, 2.45) is 9.98 Å². The maximum atomic E-state index is 6.18. The van der Waals surface area contributed by atoms with Crippen molar-refractivity contribution >= 4 is 55.2 Å². The van der Waals surface area contributed by atoms with Crippen molar-refractivity contribution in [2.45, 2.75) is 6.17 Å². The number of aromatic nitrogens is 1. The van der Waals surface area contributed by atoms with Gasteiger partial charge in [0, 0.05) is 33.7 Å². The molecule has 51 heavy (non-hydrogen) atoms. The van der Waals surface area contributed by atoms with Crippen LogP contribution in [0.1, 0.15) is 22.9 Å². The first-order valence-electron chi connectivity index (χ1n) is 17.1. The molecule has 0 bridgehead atoms. The molecule has 0 spiro atoms. The third-order valence-electron chi connectivity index (χ3n) is 9.83. The molecule has 1 atom stereocenters. The first kappa shape index (κ1) is 29.1. The number of pyridine rings is 1. The van der Waals surface area contributed by atoms with Crippen LogP contribution in [0.3, 0.4) is 0 Å². The summed E-state index contributed by atoms with van der Waals surface area (Å²) < 4.78 is 6.18. The smallest absolute Gasteiger partial charge is 0.159 e. The standard InChI is InChI=1S/C46H30N4O/c1-2-11-31(12-3-1)44-48-45(50-46(49-44)34-23-18-29-10-4-5-13-33(29)26-34)32-21-19-30(20-22-32)35-24-25-38(37-15-7-6-14-36(35)37)40-27-47-28-42-43(40)39-16-8-9-17-41(39)51-42/h1-28,46H,(H,48,49,50). The van der Waals surface area contributed by atoms with Gasteiger partial charge in [0.05, 0.1) is 6.20 Å². The largest absolute Gasteiger partial charge is 0.454 e. The van der Waals surface area contributed by atoms with E-state index in [1.165, 1.54) is 21.5 Å². The minimum absolute atomic E-state index is 0.278. The number of benzene rings is 7. The molecule has 10 rings (SSSR count). The van der Waals surface area contributed by atoms with Gasteiger partial charge >= 0.3 is 0 Å². The van der Waals surface area contributed by atoms with Crippen molar-refractivity contribution in [3.63, 3.8) is 0 Å². The van der Waals surface area contributed by atoms with Gasteiger partial charge in [0.15, 0.2) is 11.4 Å². The zero-order valence-electron chi connectivity index (χ0n) is 27.5. The SMILES string of the molecule is c1ccc(C2=NC(c3ccc4ccccc4c3)NC(c3ccc(-c4ccc(-c5cncc6oc7ccccc7c56)c5ccccc45)cc3)=N2)cc1. The Labute approximate surface area is 294 Å². The Bertz CT molecular complexity index is 2830. The molecule has 1 aliphatic heterocycles. The number of rotatable bonds is 5. The lowest BCUT2D eigenvalue weighted by atomic mass is 9.91. The van der Waals surface area contributed by atoms with Crippen molar-refractivity contribution in [1.29, 1.82) is 0 Å². The van der Waals surface area contributed by atoms with Crippen molar-refractivity contribution < 1.29 is 4.42 Å². The van der Waals surface area contributed by atoms with Gasteiger partial charge in [-0.2, -0.15) is 0 Å². The molecule has 240 valence electrons. The summed E-state index contributed by atoms with van der Waals surface area (Å²) in [6, 6.07) is 55.0. The zero-order chi connectivity index (χ0) is 33.7. The average molecular weight is 655 g/mol. The van der Waals surface area contributed by atoms with Crippen molar-refractivity contribution in [1.82, 2.24) is 10.3 Å². The predicted molar refractivity (Wildman–Crippen MR) is 209 cm³/mol. The number of fused-ring (bicyclic) bond motifs is 5. The second-order valence-electron chi connectivity index (χ2n) is 12.9. The van der Waals surface area contributed by atoms with E-state index in [0.29, 0.717) is 5.84 Å². The quantitative estimate of drug-likeness (QED) is 0.201. The maximum absolute atomic E-state index is 6.18. The fourth-order valence-corrected chi connectivity index (χ4v) is 7.34. The summed E-state index contributed by atoms with van der Waals surface area (Å²) in [5.74, 6) is 1.50. The lowest BCUT2D eigenvalue weighted by Gasteiger charge is -2.24. The van der Waals surface area contributed by atoms with Crippen LogP contribution in [0, 0.1) is 0 Å². The molecule has 0 saturated heterocycles. The van der Waals surface area contributed by atoms with Crippen LogP contribution < -0.4 is 5.32 Å². The first-order valence-corrected chi connectivity index (χ1v) is 17.1. The molecule has 5 nitrogen and oxygen atoms in total. The summed E-state index contributed by atoms with van der Waals surface area (Å²) in [7, 11) is 0. The molecule has 7 aromatic carbocycles. The van der Waals surface area contributed by atoms with Gasteiger partial charge in [-0.1, -0.05) is 146 Å². The van der Waals surface area contributed by atoms with Crippen LogP contribution in [0.2, 0.25) is 0 Å². The summed E-state index contributed by atoms with van der Waals surface area (Å²) >= 11 is 0. The Hall–Kier alpha value is -6.85. The van der Waals surface area contributed by atoms with Crippen molar-refractivity contribution in [3.05, 3.63) is 187 Å². The fourth-order valence-electron chi connectivity index (χ4n) is 7.34. The molecule has 0 radical (unpaired) electrons. The first-order chi connectivity index (χ1) is 25.3. The highest BCUT2D eigenvalue weighted by molar-refractivity contribution is 6.16. The van der Waals surface area contributed by atoms with Crippen LogP contribution in [0.5, 0.6) is 0 Å². The van der Waals surface area contributed by atoms with E-state index in [1.54, 1.807) is 6.20 Å². The number of nitrogens with zero attached hydrogens (tertiary/aromatic N) is 3. The van der Waals surface area contributed by atoms with E-state index in [0.717, 1.165) is 66.7 Å². The zero-order valence-corrected chi connectivity index (χ0v) is 27.5. The summed E-state index contributed by atoms with van der Waals surface area (Å²) in [4.78, 5) is 14.7. The van der Waals surface area contributed by atoms with E-state index in [2.05, 4.69) is 138 Å². The van der Waals surface area contributed by atoms with Crippen LogP contribution in [-0.4, -0.2) is 16.7 Å².